The molecule has 1 aromatic heterocycles. The molecule has 0 fully saturated rings. The summed E-state index contributed by atoms with van der Waals surface area (Å²) in [6.07, 6.45) is 1.97. The normalized spacial score (nSPS) is 12.3. The molecular formula is C11H20N2O2S3. The average molecular weight is 308 g/mol. The first-order valence-electron chi connectivity index (χ1n) is 5.62. The minimum Gasteiger partial charge on any atom is -0.315 e. The monoisotopic (exact) mass is 308 g/mol. The molecule has 0 aromatic carbocycles. The third-order valence-corrected chi connectivity index (χ3v) is 6.74. The molecule has 0 saturated carbocycles. The molecule has 4 nitrogen and oxygen atoms in total. The molecule has 0 bridgehead atoms. The van der Waals surface area contributed by atoms with Crippen molar-refractivity contribution in [3.8, 4) is 0 Å². The number of rotatable bonds is 7. The first kappa shape index (κ1) is 16.0. The van der Waals surface area contributed by atoms with Gasteiger partial charge in [-0.15, -0.1) is 11.3 Å². The maximum absolute atomic E-state index is 12.3. The summed E-state index contributed by atoms with van der Waals surface area (Å²) in [4.78, 5) is 1.08. The Morgan fingerprint density at radius 1 is 1.50 bits per heavy atom. The van der Waals surface area contributed by atoms with E-state index in [1.54, 1.807) is 24.9 Å². The van der Waals surface area contributed by atoms with E-state index < -0.39 is 10.0 Å². The Morgan fingerprint density at radius 2 is 2.17 bits per heavy atom. The molecule has 0 atom stereocenters. The second kappa shape index (κ2) is 6.91. The van der Waals surface area contributed by atoms with Crippen molar-refractivity contribution in [1.29, 1.82) is 0 Å². The summed E-state index contributed by atoms with van der Waals surface area (Å²) in [6.45, 7) is 3.20. The van der Waals surface area contributed by atoms with Crippen LogP contribution in [-0.2, 0) is 16.6 Å². The van der Waals surface area contributed by atoms with E-state index in [-0.39, 0.29) is 0 Å². The van der Waals surface area contributed by atoms with Crippen LogP contribution >= 0.6 is 23.1 Å². The number of aryl methyl sites for hydroxylation is 1. The summed E-state index contributed by atoms with van der Waals surface area (Å²) in [6, 6.07) is 1.77. The van der Waals surface area contributed by atoms with Gasteiger partial charge in [-0.2, -0.15) is 16.1 Å². The number of thiophene rings is 1. The van der Waals surface area contributed by atoms with E-state index in [1.165, 1.54) is 15.6 Å². The topological polar surface area (TPSA) is 49.4 Å². The molecule has 1 rings (SSSR count). The van der Waals surface area contributed by atoms with E-state index in [0.717, 1.165) is 16.2 Å². The van der Waals surface area contributed by atoms with Crippen molar-refractivity contribution in [3.05, 3.63) is 16.5 Å². The molecule has 0 aliphatic carbocycles. The molecule has 0 aliphatic heterocycles. The lowest BCUT2D eigenvalue weighted by atomic mass is 10.3. The van der Waals surface area contributed by atoms with E-state index in [1.807, 2.05) is 20.2 Å². The molecule has 0 radical (unpaired) electrons. The zero-order valence-electron chi connectivity index (χ0n) is 11.2. The van der Waals surface area contributed by atoms with Crippen LogP contribution in [-0.4, -0.2) is 45.4 Å². The van der Waals surface area contributed by atoms with Crippen molar-refractivity contribution in [2.75, 3.05) is 32.6 Å². The van der Waals surface area contributed by atoms with Crippen molar-refractivity contribution in [2.24, 2.45) is 0 Å². The highest BCUT2D eigenvalue weighted by atomic mass is 32.2. The zero-order valence-corrected chi connectivity index (χ0v) is 13.6. The minimum atomic E-state index is -3.32. The lowest BCUT2D eigenvalue weighted by molar-refractivity contribution is 0.490. The van der Waals surface area contributed by atoms with E-state index >= 15 is 0 Å². The van der Waals surface area contributed by atoms with Crippen LogP contribution in [0, 0.1) is 6.92 Å². The van der Waals surface area contributed by atoms with Gasteiger partial charge in [0.05, 0.1) is 0 Å². The predicted octanol–water partition coefficient (Wildman–Crippen LogP) is 1.76. The van der Waals surface area contributed by atoms with Crippen LogP contribution in [0.15, 0.2) is 10.3 Å². The smallest absolute Gasteiger partial charge is 0.252 e. The summed E-state index contributed by atoms with van der Waals surface area (Å²) in [5.41, 5.74) is 1.03. The van der Waals surface area contributed by atoms with Gasteiger partial charge in [0.2, 0.25) is 0 Å². The molecule has 0 aliphatic rings. The van der Waals surface area contributed by atoms with Crippen LogP contribution < -0.4 is 5.32 Å². The van der Waals surface area contributed by atoms with Crippen molar-refractivity contribution < 1.29 is 8.42 Å². The van der Waals surface area contributed by atoms with E-state index in [2.05, 4.69) is 5.32 Å². The van der Waals surface area contributed by atoms with Crippen molar-refractivity contribution in [2.45, 2.75) is 17.7 Å². The number of hydrogen-bond acceptors (Lipinski definition) is 5. The second-order valence-electron chi connectivity index (χ2n) is 4.02. The lowest BCUT2D eigenvalue weighted by Crippen LogP contribution is -2.28. The highest BCUT2D eigenvalue weighted by Crippen LogP contribution is 2.27. The third-order valence-electron chi connectivity index (χ3n) is 2.61. The van der Waals surface area contributed by atoms with Crippen LogP contribution in [0.4, 0.5) is 0 Å². The van der Waals surface area contributed by atoms with Crippen molar-refractivity contribution >= 4 is 33.1 Å². The van der Waals surface area contributed by atoms with Crippen LogP contribution in [0.3, 0.4) is 0 Å². The number of nitrogens with zero attached hydrogens (tertiary/aromatic N) is 1. The summed E-state index contributed by atoms with van der Waals surface area (Å²) >= 11 is 3.00. The molecule has 1 aromatic rings. The standard InChI is InChI=1S/C11H20N2O2S3/c1-9-7-11(17-10(9)8-12-2)18(14,15)13(3)5-6-16-4/h7,12H,5-6,8H2,1-4H3. The zero-order chi connectivity index (χ0) is 13.8. The lowest BCUT2D eigenvalue weighted by Gasteiger charge is -2.14. The van der Waals surface area contributed by atoms with Gasteiger partial charge in [0, 0.05) is 30.8 Å². The Bertz CT molecular complexity index is 482. The number of sulfonamides is 1. The molecule has 7 heteroatoms. The first-order valence-corrected chi connectivity index (χ1v) is 9.27. The molecule has 1 heterocycles. The summed E-state index contributed by atoms with van der Waals surface area (Å²) in [5, 5.41) is 3.05. The molecule has 0 amide bonds. The van der Waals surface area contributed by atoms with Crippen molar-refractivity contribution in [1.82, 2.24) is 9.62 Å². The van der Waals surface area contributed by atoms with Gasteiger partial charge in [0.15, 0.2) is 0 Å². The molecule has 0 spiro atoms. The maximum Gasteiger partial charge on any atom is 0.252 e. The predicted molar refractivity (Wildman–Crippen MR) is 80.0 cm³/mol. The highest BCUT2D eigenvalue weighted by Gasteiger charge is 2.23. The van der Waals surface area contributed by atoms with Crippen LogP contribution in [0.2, 0.25) is 0 Å². The van der Waals surface area contributed by atoms with Gasteiger partial charge < -0.3 is 5.32 Å². The fraction of sp³-hybridized carbons (Fsp3) is 0.636. The van der Waals surface area contributed by atoms with Gasteiger partial charge in [-0.25, -0.2) is 8.42 Å². The van der Waals surface area contributed by atoms with E-state index in [4.69, 9.17) is 0 Å². The minimum absolute atomic E-state index is 0.439. The largest absolute Gasteiger partial charge is 0.315 e. The molecule has 0 unspecified atom stereocenters. The summed E-state index contributed by atoms with van der Waals surface area (Å²) < 4.78 is 26.5. The number of thioether (sulfide) groups is 1. The molecule has 104 valence electrons. The molecule has 1 N–H and O–H groups in total. The van der Waals surface area contributed by atoms with Crippen LogP contribution in [0.25, 0.3) is 0 Å². The number of hydrogen-bond donors (Lipinski definition) is 1. The Kier molecular flexibility index (Phi) is 6.13. The fourth-order valence-corrected chi connectivity index (χ4v) is 5.00. The van der Waals surface area contributed by atoms with Crippen LogP contribution in [0.5, 0.6) is 0 Å². The van der Waals surface area contributed by atoms with Gasteiger partial charge >= 0.3 is 0 Å². The van der Waals surface area contributed by atoms with Gasteiger partial charge in [0.25, 0.3) is 10.0 Å². The van der Waals surface area contributed by atoms with Gasteiger partial charge in [-0.1, -0.05) is 0 Å². The van der Waals surface area contributed by atoms with Gasteiger partial charge in [-0.3, -0.25) is 0 Å². The highest BCUT2D eigenvalue weighted by molar-refractivity contribution is 7.98. The van der Waals surface area contributed by atoms with E-state index in [0.29, 0.717) is 17.3 Å². The second-order valence-corrected chi connectivity index (χ2v) is 8.42. The SMILES string of the molecule is CNCc1sc(S(=O)(=O)N(C)CCSC)cc1C. The molecular weight excluding hydrogens is 288 g/mol. The van der Waals surface area contributed by atoms with Gasteiger partial charge in [-0.05, 0) is 31.9 Å². The summed E-state index contributed by atoms with van der Waals surface area (Å²) in [5.74, 6) is 0.809. The number of nitrogens with one attached hydrogen (secondary N) is 1. The van der Waals surface area contributed by atoms with Gasteiger partial charge in [0.1, 0.15) is 4.21 Å². The van der Waals surface area contributed by atoms with E-state index in [9.17, 15) is 8.42 Å². The fourth-order valence-electron chi connectivity index (χ4n) is 1.45. The Morgan fingerprint density at radius 3 is 2.72 bits per heavy atom. The third kappa shape index (κ3) is 3.71. The maximum atomic E-state index is 12.3. The molecule has 0 saturated heterocycles. The summed E-state index contributed by atoms with van der Waals surface area (Å²) in [7, 11) is 0.176. The van der Waals surface area contributed by atoms with Crippen LogP contribution in [0.1, 0.15) is 10.4 Å². The quantitative estimate of drug-likeness (QED) is 0.834. The van der Waals surface area contributed by atoms with Crippen molar-refractivity contribution in [3.63, 3.8) is 0 Å². The average Bonchev–Trinajstić information content (AvgIpc) is 2.69. The Labute approximate surface area is 118 Å². The Hall–Kier alpha value is -0.0800. The Balaban J connectivity index is 2.94. The molecule has 18 heavy (non-hydrogen) atoms. The first-order chi connectivity index (χ1) is 8.43.